The zero-order valence-electron chi connectivity index (χ0n) is 17.1. The van der Waals surface area contributed by atoms with Gasteiger partial charge in [0, 0.05) is 24.6 Å². The van der Waals surface area contributed by atoms with Gasteiger partial charge in [-0.25, -0.2) is 9.59 Å². The Hall–Kier alpha value is -3.04. The van der Waals surface area contributed by atoms with Crippen LogP contribution in [0.4, 0.5) is 0 Å². The van der Waals surface area contributed by atoms with E-state index in [4.69, 9.17) is 24.4 Å². The Bertz CT molecular complexity index is 939. The number of rotatable bonds is 3. The minimum absolute atomic E-state index is 0.00644. The molecule has 1 spiro atoms. The van der Waals surface area contributed by atoms with Crippen LogP contribution >= 0.6 is 0 Å². The number of fused-ring (bicyclic) bond motifs is 3. The third kappa shape index (κ3) is 3.75. The molecule has 1 saturated heterocycles. The van der Waals surface area contributed by atoms with Crippen LogP contribution in [-0.4, -0.2) is 70.8 Å². The standard InChI is InChI=1S/C18H21NO4.C4H4O4/c1-21-15-9-18-4-2-5-19(18)6-3-11-7-13-14(23-10-22-13)8-12(11)16(18)17(15)20;5-3(6)1-2-4(7)8/h7-9,16-17,20H,2-6,10H2,1H3;1-2H,(H,5,6)(H,7,8)/b;2-1+/t16-,17-,18+;/m1./s1. The first-order chi connectivity index (χ1) is 14.9. The highest BCUT2D eigenvalue weighted by Gasteiger charge is 2.56. The van der Waals surface area contributed by atoms with E-state index < -0.39 is 18.0 Å². The normalized spacial score (nSPS) is 28.0. The molecular weight excluding hydrogens is 406 g/mol. The van der Waals surface area contributed by atoms with Gasteiger partial charge in [-0.3, -0.25) is 4.90 Å². The fourth-order valence-electron chi connectivity index (χ4n) is 5.14. The van der Waals surface area contributed by atoms with Crippen LogP contribution in [0, 0.1) is 0 Å². The van der Waals surface area contributed by atoms with E-state index in [1.165, 1.54) is 11.1 Å². The lowest BCUT2D eigenvalue weighted by atomic mass is 9.78. The molecule has 0 saturated carbocycles. The van der Waals surface area contributed by atoms with Gasteiger partial charge in [-0.1, -0.05) is 0 Å². The van der Waals surface area contributed by atoms with E-state index in [9.17, 15) is 14.7 Å². The lowest BCUT2D eigenvalue weighted by molar-refractivity contribution is -0.134. The van der Waals surface area contributed by atoms with E-state index in [0.29, 0.717) is 17.9 Å². The summed E-state index contributed by atoms with van der Waals surface area (Å²) >= 11 is 0. The Morgan fingerprint density at radius 3 is 2.48 bits per heavy atom. The first-order valence-corrected chi connectivity index (χ1v) is 10.1. The van der Waals surface area contributed by atoms with Crippen molar-refractivity contribution >= 4 is 11.9 Å². The molecule has 0 radical (unpaired) electrons. The third-order valence-electron chi connectivity index (χ3n) is 6.36. The van der Waals surface area contributed by atoms with E-state index in [2.05, 4.69) is 23.1 Å². The van der Waals surface area contributed by atoms with Crippen LogP contribution in [0.5, 0.6) is 11.5 Å². The van der Waals surface area contributed by atoms with Gasteiger partial charge in [0.25, 0.3) is 0 Å². The van der Waals surface area contributed by atoms with E-state index in [-0.39, 0.29) is 18.2 Å². The summed E-state index contributed by atoms with van der Waals surface area (Å²) in [6, 6.07) is 4.19. The van der Waals surface area contributed by atoms with E-state index in [0.717, 1.165) is 43.9 Å². The molecule has 0 bridgehead atoms. The van der Waals surface area contributed by atoms with Crippen molar-refractivity contribution in [3.8, 4) is 11.5 Å². The van der Waals surface area contributed by atoms with Crippen LogP contribution in [0.2, 0.25) is 0 Å². The van der Waals surface area contributed by atoms with Crippen LogP contribution in [0.1, 0.15) is 29.9 Å². The molecule has 1 aliphatic carbocycles. The molecule has 9 heteroatoms. The first kappa shape index (κ1) is 21.2. The molecular formula is C22H25NO8. The topological polar surface area (TPSA) is 126 Å². The molecule has 0 unspecified atom stereocenters. The Morgan fingerprint density at radius 2 is 1.84 bits per heavy atom. The van der Waals surface area contributed by atoms with Crippen molar-refractivity contribution in [2.24, 2.45) is 0 Å². The fourth-order valence-corrected chi connectivity index (χ4v) is 5.14. The number of aliphatic hydroxyl groups is 1. The smallest absolute Gasteiger partial charge is 0.328 e. The number of carboxylic acids is 2. The molecule has 1 fully saturated rings. The van der Waals surface area contributed by atoms with Crippen LogP contribution < -0.4 is 9.47 Å². The van der Waals surface area contributed by atoms with Crippen molar-refractivity contribution < 1.29 is 39.1 Å². The van der Waals surface area contributed by atoms with E-state index >= 15 is 0 Å². The van der Waals surface area contributed by atoms with Crippen LogP contribution in [-0.2, 0) is 20.7 Å². The zero-order valence-corrected chi connectivity index (χ0v) is 17.1. The number of aliphatic carboxylic acids is 2. The first-order valence-electron chi connectivity index (χ1n) is 10.1. The molecule has 31 heavy (non-hydrogen) atoms. The Kier molecular flexibility index (Phi) is 5.63. The molecule has 0 amide bonds. The third-order valence-corrected chi connectivity index (χ3v) is 6.36. The molecule has 9 nitrogen and oxygen atoms in total. The number of aliphatic hydroxyl groups excluding tert-OH is 1. The highest BCUT2D eigenvalue weighted by molar-refractivity contribution is 5.89. The number of benzene rings is 1. The van der Waals surface area contributed by atoms with Gasteiger partial charge < -0.3 is 29.5 Å². The summed E-state index contributed by atoms with van der Waals surface area (Å²) in [5, 5.41) is 26.6. The molecule has 3 heterocycles. The average Bonchev–Trinajstić information content (AvgIpc) is 3.40. The second-order valence-corrected chi connectivity index (χ2v) is 7.92. The van der Waals surface area contributed by atoms with Gasteiger partial charge in [-0.15, -0.1) is 0 Å². The van der Waals surface area contributed by atoms with Gasteiger partial charge >= 0.3 is 11.9 Å². The second kappa shape index (κ2) is 8.24. The Morgan fingerprint density at radius 1 is 1.16 bits per heavy atom. The number of hydrogen-bond donors (Lipinski definition) is 3. The predicted molar refractivity (Wildman–Crippen MR) is 108 cm³/mol. The van der Waals surface area contributed by atoms with Gasteiger partial charge in [0.15, 0.2) is 11.5 Å². The summed E-state index contributed by atoms with van der Waals surface area (Å²) < 4.78 is 16.6. The molecule has 166 valence electrons. The summed E-state index contributed by atoms with van der Waals surface area (Å²) in [5.41, 5.74) is 2.33. The average molecular weight is 431 g/mol. The van der Waals surface area contributed by atoms with Gasteiger partial charge in [0.05, 0.1) is 12.6 Å². The molecule has 3 aliphatic heterocycles. The quantitative estimate of drug-likeness (QED) is 0.611. The predicted octanol–water partition coefficient (Wildman–Crippen LogP) is 1.51. The summed E-state index contributed by atoms with van der Waals surface area (Å²) in [4.78, 5) is 21.6. The summed E-state index contributed by atoms with van der Waals surface area (Å²) in [7, 11) is 1.65. The summed E-state index contributed by atoms with van der Waals surface area (Å²) in [6.45, 7) is 2.37. The molecule has 1 aromatic carbocycles. The van der Waals surface area contributed by atoms with Crippen molar-refractivity contribution in [1.82, 2.24) is 4.90 Å². The number of nitrogens with zero attached hydrogens (tertiary/aromatic N) is 1. The van der Waals surface area contributed by atoms with Crippen molar-refractivity contribution in [1.29, 1.82) is 0 Å². The minimum atomic E-state index is -1.26. The highest BCUT2D eigenvalue weighted by atomic mass is 16.7. The maximum absolute atomic E-state index is 11.0. The monoisotopic (exact) mass is 431 g/mol. The number of methoxy groups -OCH3 is 1. The number of ether oxygens (including phenoxy) is 3. The zero-order chi connectivity index (χ0) is 22.2. The molecule has 1 aromatic rings. The van der Waals surface area contributed by atoms with Crippen molar-refractivity contribution in [2.45, 2.75) is 36.8 Å². The van der Waals surface area contributed by atoms with Gasteiger partial charge in [-0.05, 0) is 55.1 Å². The SMILES string of the molecule is COC1=C[C@]23CCCN2CCc2cc4c(cc2[C@@H]3[C@@H]1O)OCO4.O=C(O)/C=C/C(=O)O. The van der Waals surface area contributed by atoms with Gasteiger partial charge in [0.2, 0.25) is 6.79 Å². The van der Waals surface area contributed by atoms with Crippen LogP contribution in [0.25, 0.3) is 0 Å². The van der Waals surface area contributed by atoms with Crippen molar-refractivity contribution in [2.75, 3.05) is 27.0 Å². The molecule has 5 rings (SSSR count). The van der Waals surface area contributed by atoms with Crippen molar-refractivity contribution in [3.05, 3.63) is 47.2 Å². The molecule has 3 atom stereocenters. The van der Waals surface area contributed by atoms with E-state index in [1.54, 1.807) is 7.11 Å². The number of carboxylic acid groups (broad SMARTS) is 2. The van der Waals surface area contributed by atoms with Crippen LogP contribution in [0.15, 0.2) is 36.1 Å². The lowest BCUT2D eigenvalue weighted by Gasteiger charge is -2.38. The summed E-state index contributed by atoms with van der Waals surface area (Å²) in [5.74, 6) is -0.185. The number of carbonyl (C=O) groups is 2. The highest BCUT2D eigenvalue weighted by Crippen LogP contribution is 2.54. The van der Waals surface area contributed by atoms with Crippen LogP contribution in [0.3, 0.4) is 0 Å². The van der Waals surface area contributed by atoms with Crippen molar-refractivity contribution in [3.63, 3.8) is 0 Å². The van der Waals surface area contributed by atoms with E-state index in [1.807, 2.05) is 0 Å². The lowest BCUT2D eigenvalue weighted by Crippen LogP contribution is -2.46. The largest absolute Gasteiger partial charge is 0.499 e. The second-order valence-electron chi connectivity index (χ2n) is 7.92. The Balaban J connectivity index is 0.000000250. The van der Waals surface area contributed by atoms with Gasteiger partial charge in [-0.2, -0.15) is 0 Å². The number of hydrogen-bond acceptors (Lipinski definition) is 7. The molecule has 4 aliphatic rings. The summed E-state index contributed by atoms with van der Waals surface area (Å²) in [6.07, 6.45) is 5.90. The maximum Gasteiger partial charge on any atom is 0.328 e. The van der Waals surface area contributed by atoms with Gasteiger partial charge in [0.1, 0.15) is 11.9 Å². The maximum atomic E-state index is 11.0. The molecule has 3 N–H and O–H groups in total. The minimum Gasteiger partial charge on any atom is -0.499 e. The fraction of sp³-hybridized carbons (Fsp3) is 0.455. The molecule has 0 aromatic heterocycles. The Labute approximate surface area is 179 Å².